The van der Waals surface area contributed by atoms with Crippen LogP contribution in [0, 0.1) is 6.92 Å². The van der Waals surface area contributed by atoms with E-state index in [2.05, 4.69) is 20.9 Å². The number of aryl methyl sites for hydroxylation is 1. The van der Waals surface area contributed by atoms with Gasteiger partial charge in [0.05, 0.1) is 29.5 Å². The van der Waals surface area contributed by atoms with Crippen molar-refractivity contribution in [2.75, 3.05) is 6.54 Å². The highest BCUT2D eigenvalue weighted by Crippen LogP contribution is 2.30. The number of hydrogen-bond acceptors (Lipinski definition) is 5. The maximum Gasteiger partial charge on any atom is 0.257 e. The number of nitrogens with zero attached hydrogens (tertiary/aromatic N) is 3. The largest absolute Gasteiger partial charge is 0.360 e. The van der Waals surface area contributed by atoms with Crippen LogP contribution in [0.3, 0.4) is 0 Å². The number of fused-ring (bicyclic) bond motifs is 1. The molecule has 134 valence electrons. The summed E-state index contributed by atoms with van der Waals surface area (Å²) < 4.78 is 7.22. The van der Waals surface area contributed by atoms with E-state index >= 15 is 0 Å². The predicted octanol–water partition coefficient (Wildman–Crippen LogP) is 2.53. The predicted molar refractivity (Wildman–Crippen MR) is 96.8 cm³/mol. The lowest BCUT2D eigenvalue weighted by atomic mass is 10.1. The Morgan fingerprint density at radius 3 is 3.08 bits per heavy atom. The molecule has 1 aliphatic rings. The molecule has 3 aromatic rings. The third-order valence-corrected chi connectivity index (χ3v) is 4.70. The average molecular weight is 372 g/mol. The molecule has 2 aromatic heterocycles. The first-order valence-electron chi connectivity index (χ1n) is 8.39. The van der Waals surface area contributed by atoms with Crippen molar-refractivity contribution in [1.82, 2.24) is 25.6 Å². The van der Waals surface area contributed by atoms with Crippen molar-refractivity contribution in [3.8, 4) is 11.3 Å². The molecule has 0 unspecified atom stereocenters. The summed E-state index contributed by atoms with van der Waals surface area (Å²) >= 11 is 6.24. The molecule has 0 bridgehead atoms. The highest BCUT2D eigenvalue weighted by Gasteiger charge is 2.23. The molecule has 3 heterocycles. The third kappa shape index (κ3) is 3.11. The number of nitrogens with one attached hydrogen (secondary N) is 2. The van der Waals surface area contributed by atoms with Crippen molar-refractivity contribution < 1.29 is 9.32 Å². The summed E-state index contributed by atoms with van der Waals surface area (Å²) in [5, 5.41) is 15.3. The lowest BCUT2D eigenvalue weighted by Gasteiger charge is -2.13. The molecule has 0 aliphatic carbocycles. The Bertz CT molecular complexity index is 939. The Labute approximate surface area is 155 Å². The van der Waals surface area contributed by atoms with Gasteiger partial charge in [-0.2, -0.15) is 5.10 Å². The van der Waals surface area contributed by atoms with E-state index in [0.717, 1.165) is 31.0 Å². The SMILES string of the molecule is Cc1onc(-c2ccccc2Cl)c1C(=O)NCc1cc2n(n1)CCNC2. The number of halogens is 1. The molecule has 0 atom stereocenters. The fraction of sp³-hybridized carbons (Fsp3) is 0.278. The van der Waals surface area contributed by atoms with Gasteiger partial charge in [-0.25, -0.2) is 0 Å². The van der Waals surface area contributed by atoms with Gasteiger partial charge in [0.25, 0.3) is 5.91 Å². The van der Waals surface area contributed by atoms with Crippen molar-refractivity contribution in [1.29, 1.82) is 0 Å². The zero-order chi connectivity index (χ0) is 18.1. The van der Waals surface area contributed by atoms with Crippen LogP contribution < -0.4 is 10.6 Å². The van der Waals surface area contributed by atoms with E-state index in [-0.39, 0.29) is 5.91 Å². The molecule has 2 N–H and O–H groups in total. The topological polar surface area (TPSA) is 85.0 Å². The molecule has 4 rings (SSSR count). The summed E-state index contributed by atoms with van der Waals surface area (Å²) in [5.41, 5.74) is 3.45. The van der Waals surface area contributed by atoms with Crippen molar-refractivity contribution >= 4 is 17.5 Å². The van der Waals surface area contributed by atoms with Gasteiger partial charge >= 0.3 is 0 Å². The molecule has 0 fully saturated rings. The maximum absolute atomic E-state index is 12.7. The molecule has 1 aliphatic heterocycles. The van der Waals surface area contributed by atoms with Crippen molar-refractivity contribution in [2.45, 2.75) is 26.6 Å². The van der Waals surface area contributed by atoms with Crippen molar-refractivity contribution in [3.63, 3.8) is 0 Å². The van der Waals surface area contributed by atoms with Crippen LogP contribution in [0.1, 0.15) is 27.5 Å². The van der Waals surface area contributed by atoms with Gasteiger partial charge in [0.15, 0.2) is 0 Å². The fourth-order valence-corrected chi connectivity index (χ4v) is 3.30. The van der Waals surface area contributed by atoms with Gasteiger partial charge in [-0.15, -0.1) is 0 Å². The Morgan fingerprint density at radius 1 is 1.42 bits per heavy atom. The van der Waals surface area contributed by atoms with Crippen LogP contribution >= 0.6 is 11.6 Å². The van der Waals surface area contributed by atoms with Crippen LogP contribution in [-0.2, 0) is 19.6 Å². The minimum Gasteiger partial charge on any atom is -0.360 e. The van der Waals surface area contributed by atoms with E-state index in [0.29, 0.717) is 34.1 Å². The molecular formula is C18H18ClN5O2. The van der Waals surface area contributed by atoms with Crippen LogP contribution in [0.4, 0.5) is 0 Å². The van der Waals surface area contributed by atoms with Crippen molar-refractivity contribution in [3.05, 3.63) is 58.1 Å². The Balaban J connectivity index is 1.54. The number of hydrogen-bond donors (Lipinski definition) is 2. The van der Waals surface area contributed by atoms with Gasteiger partial charge in [-0.05, 0) is 19.1 Å². The standard InChI is InChI=1S/C18H18ClN5O2/c1-11-16(17(23-26-11)14-4-2-3-5-15(14)19)18(25)21-9-12-8-13-10-20-6-7-24(13)22-12/h2-5,8,20H,6-7,9-10H2,1H3,(H,21,25). The Kier molecular flexibility index (Phi) is 4.48. The summed E-state index contributed by atoms with van der Waals surface area (Å²) in [5.74, 6) is 0.188. The van der Waals surface area contributed by atoms with Crippen LogP contribution in [0.25, 0.3) is 11.3 Å². The highest BCUT2D eigenvalue weighted by molar-refractivity contribution is 6.33. The summed E-state index contributed by atoms with van der Waals surface area (Å²) in [6, 6.07) is 9.24. The molecule has 1 amide bonds. The summed E-state index contributed by atoms with van der Waals surface area (Å²) in [6.07, 6.45) is 0. The van der Waals surface area contributed by atoms with E-state index in [4.69, 9.17) is 16.1 Å². The van der Waals surface area contributed by atoms with Crippen LogP contribution in [0.2, 0.25) is 5.02 Å². The second-order valence-electron chi connectivity index (χ2n) is 6.15. The second kappa shape index (κ2) is 6.93. The number of rotatable bonds is 4. The van der Waals surface area contributed by atoms with Gasteiger partial charge in [-0.1, -0.05) is 35.0 Å². The van der Waals surface area contributed by atoms with E-state index in [1.807, 2.05) is 28.9 Å². The zero-order valence-electron chi connectivity index (χ0n) is 14.3. The molecule has 8 heteroatoms. The third-order valence-electron chi connectivity index (χ3n) is 4.37. The monoisotopic (exact) mass is 371 g/mol. The summed E-state index contributed by atoms with van der Waals surface area (Å²) in [4.78, 5) is 12.7. The maximum atomic E-state index is 12.7. The Hall–Kier alpha value is -2.64. The Morgan fingerprint density at radius 2 is 2.27 bits per heavy atom. The molecule has 26 heavy (non-hydrogen) atoms. The van der Waals surface area contributed by atoms with Crippen molar-refractivity contribution in [2.24, 2.45) is 0 Å². The van der Waals surface area contributed by atoms with E-state index in [9.17, 15) is 4.79 Å². The highest BCUT2D eigenvalue weighted by atomic mass is 35.5. The second-order valence-corrected chi connectivity index (χ2v) is 6.56. The van der Waals surface area contributed by atoms with E-state index < -0.39 is 0 Å². The average Bonchev–Trinajstić information content (AvgIpc) is 3.23. The molecule has 1 aromatic carbocycles. The molecule has 0 saturated carbocycles. The molecule has 0 spiro atoms. The first-order valence-corrected chi connectivity index (χ1v) is 8.77. The first kappa shape index (κ1) is 16.8. The number of carbonyl (C=O) groups excluding carboxylic acids is 1. The number of carbonyl (C=O) groups is 1. The molecule has 0 saturated heterocycles. The zero-order valence-corrected chi connectivity index (χ0v) is 15.0. The van der Waals surface area contributed by atoms with E-state index in [1.54, 1.807) is 13.0 Å². The quantitative estimate of drug-likeness (QED) is 0.736. The number of aromatic nitrogens is 3. The molecule has 7 nitrogen and oxygen atoms in total. The normalized spacial score (nSPS) is 13.5. The fourth-order valence-electron chi connectivity index (χ4n) is 3.07. The lowest BCUT2D eigenvalue weighted by Crippen LogP contribution is -2.28. The van der Waals surface area contributed by atoms with Gasteiger partial charge < -0.3 is 15.2 Å². The van der Waals surface area contributed by atoms with Gasteiger partial charge in [0, 0.05) is 18.7 Å². The summed E-state index contributed by atoms with van der Waals surface area (Å²) in [6.45, 7) is 4.59. The van der Waals surface area contributed by atoms with Gasteiger partial charge in [0.2, 0.25) is 0 Å². The van der Waals surface area contributed by atoms with Crippen LogP contribution in [-0.4, -0.2) is 27.4 Å². The lowest BCUT2D eigenvalue weighted by molar-refractivity contribution is 0.0949. The minimum absolute atomic E-state index is 0.261. The minimum atomic E-state index is -0.261. The number of benzene rings is 1. The van der Waals surface area contributed by atoms with E-state index in [1.165, 1.54) is 0 Å². The van der Waals surface area contributed by atoms with Crippen LogP contribution in [0.15, 0.2) is 34.9 Å². The molecular weight excluding hydrogens is 354 g/mol. The summed E-state index contributed by atoms with van der Waals surface area (Å²) in [7, 11) is 0. The smallest absolute Gasteiger partial charge is 0.257 e. The van der Waals surface area contributed by atoms with Gasteiger partial charge in [-0.3, -0.25) is 9.48 Å². The van der Waals surface area contributed by atoms with Gasteiger partial charge in [0.1, 0.15) is 17.0 Å². The number of amides is 1. The van der Waals surface area contributed by atoms with Crippen LogP contribution in [0.5, 0.6) is 0 Å². The molecule has 0 radical (unpaired) electrons. The first-order chi connectivity index (χ1) is 12.6.